The van der Waals surface area contributed by atoms with Gasteiger partial charge in [-0.15, -0.1) is 0 Å². The van der Waals surface area contributed by atoms with E-state index in [-0.39, 0.29) is 59.0 Å². The van der Waals surface area contributed by atoms with Crippen LogP contribution in [0.2, 0.25) is 5.02 Å². The van der Waals surface area contributed by atoms with Crippen LogP contribution in [-0.2, 0) is 9.53 Å². The minimum Gasteiger partial charge on any atom is -0.492 e. The third-order valence-corrected chi connectivity index (χ3v) is 6.70. The number of nitrogens with one attached hydrogen (secondary N) is 2. The van der Waals surface area contributed by atoms with Crippen LogP contribution in [0.1, 0.15) is 41.2 Å². The van der Waals surface area contributed by atoms with E-state index in [9.17, 15) is 23.2 Å². The molecule has 1 fully saturated rings. The fraction of sp³-hybridized carbons (Fsp3) is 0.400. The molecule has 2 heterocycles. The van der Waals surface area contributed by atoms with Crippen LogP contribution in [0.4, 0.5) is 19.3 Å². The summed E-state index contributed by atoms with van der Waals surface area (Å²) in [6.45, 7) is 0.678. The highest BCUT2D eigenvalue weighted by Gasteiger charge is 2.31. The maximum absolute atomic E-state index is 14.8. The van der Waals surface area contributed by atoms with Crippen LogP contribution < -0.4 is 15.4 Å². The monoisotopic (exact) mass is 537 g/mol. The van der Waals surface area contributed by atoms with Gasteiger partial charge in [-0.25, -0.2) is 13.6 Å². The van der Waals surface area contributed by atoms with Gasteiger partial charge in [0.2, 0.25) is 5.91 Å². The van der Waals surface area contributed by atoms with Crippen LogP contribution in [0.5, 0.6) is 5.75 Å². The molecule has 0 aromatic heterocycles. The summed E-state index contributed by atoms with van der Waals surface area (Å²) in [5, 5.41) is 14.0. The number of halogens is 3. The Morgan fingerprint density at radius 2 is 1.84 bits per heavy atom. The Morgan fingerprint density at radius 1 is 1.11 bits per heavy atom. The molecule has 0 aliphatic carbocycles. The Kier molecular flexibility index (Phi) is 8.45. The first-order valence-electron chi connectivity index (χ1n) is 11.8. The van der Waals surface area contributed by atoms with Gasteiger partial charge in [0, 0.05) is 25.2 Å². The van der Waals surface area contributed by atoms with Gasteiger partial charge in [0.25, 0.3) is 5.91 Å². The first-order valence-corrected chi connectivity index (χ1v) is 12.2. The van der Waals surface area contributed by atoms with Crippen LogP contribution in [0.3, 0.4) is 0 Å². The van der Waals surface area contributed by atoms with Crippen molar-refractivity contribution in [1.82, 2.24) is 10.2 Å². The van der Waals surface area contributed by atoms with Crippen molar-refractivity contribution in [3.05, 3.63) is 58.1 Å². The third kappa shape index (κ3) is 6.28. The molecule has 0 saturated carbocycles. The van der Waals surface area contributed by atoms with Crippen molar-refractivity contribution in [1.29, 1.82) is 0 Å². The van der Waals surface area contributed by atoms with Gasteiger partial charge in [-0.05, 0) is 49.1 Å². The topological polar surface area (TPSA) is 117 Å². The zero-order chi connectivity index (χ0) is 26.5. The van der Waals surface area contributed by atoms with E-state index in [1.165, 1.54) is 18.2 Å². The van der Waals surface area contributed by atoms with Gasteiger partial charge >= 0.3 is 6.09 Å². The normalized spacial score (nSPS) is 17.4. The van der Waals surface area contributed by atoms with Gasteiger partial charge in [0.1, 0.15) is 24.0 Å². The predicted octanol–water partition coefficient (Wildman–Crippen LogP) is 3.65. The molecule has 4 rings (SSSR count). The molecule has 37 heavy (non-hydrogen) atoms. The van der Waals surface area contributed by atoms with Crippen LogP contribution in [0.15, 0.2) is 30.3 Å². The zero-order valence-corrected chi connectivity index (χ0v) is 20.5. The lowest BCUT2D eigenvalue weighted by Crippen LogP contribution is -2.41. The highest BCUT2D eigenvalue weighted by molar-refractivity contribution is 6.31. The number of hydrogen-bond donors (Lipinski definition) is 3. The van der Waals surface area contributed by atoms with Gasteiger partial charge in [-0.1, -0.05) is 11.6 Å². The Bertz CT molecular complexity index is 1190. The largest absolute Gasteiger partial charge is 0.492 e. The highest BCUT2D eigenvalue weighted by Crippen LogP contribution is 2.37. The molecule has 1 atom stereocenters. The molecule has 3 amide bonds. The molecule has 9 nitrogen and oxygen atoms in total. The lowest BCUT2D eigenvalue weighted by Gasteiger charge is -2.31. The van der Waals surface area contributed by atoms with E-state index in [0.29, 0.717) is 25.9 Å². The number of anilines is 1. The number of carbonyl (C=O) groups is 3. The summed E-state index contributed by atoms with van der Waals surface area (Å²) < 4.78 is 39.2. The van der Waals surface area contributed by atoms with Crippen molar-refractivity contribution < 1.29 is 37.7 Å². The van der Waals surface area contributed by atoms with Crippen LogP contribution >= 0.6 is 11.6 Å². The molecule has 198 valence electrons. The second-order valence-corrected chi connectivity index (χ2v) is 9.24. The molecule has 0 spiro atoms. The minimum atomic E-state index is -0.784. The van der Waals surface area contributed by atoms with E-state index in [1.807, 2.05) is 0 Å². The average molecular weight is 538 g/mol. The lowest BCUT2D eigenvalue weighted by molar-refractivity contribution is -0.135. The van der Waals surface area contributed by atoms with Crippen molar-refractivity contribution in [2.45, 2.75) is 25.3 Å². The molecule has 0 unspecified atom stereocenters. The van der Waals surface area contributed by atoms with Gasteiger partial charge < -0.3 is 30.1 Å². The number of rotatable bonds is 6. The van der Waals surface area contributed by atoms with Crippen molar-refractivity contribution in [2.75, 3.05) is 38.2 Å². The van der Waals surface area contributed by atoms with Crippen LogP contribution in [0.25, 0.3) is 0 Å². The Balaban J connectivity index is 1.39. The summed E-state index contributed by atoms with van der Waals surface area (Å²) in [7, 11) is 0. The lowest BCUT2D eigenvalue weighted by atomic mass is 9.96. The Labute approximate surface area is 216 Å². The van der Waals surface area contributed by atoms with Crippen LogP contribution in [0, 0.1) is 17.6 Å². The molecule has 1 saturated heterocycles. The van der Waals surface area contributed by atoms with E-state index < -0.39 is 36.3 Å². The number of piperidine rings is 1. The highest BCUT2D eigenvalue weighted by atomic mass is 35.5. The first kappa shape index (κ1) is 26.6. The summed E-state index contributed by atoms with van der Waals surface area (Å²) in [6.07, 6.45) is 0.790. The second-order valence-electron chi connectivity index (χ2n) is 8.84. The molecular weight excluding hydrogens is 512 g/mol. The molecule has 2 aliphatic heterocycles. The Hall–Kier alpha value is -3.44. The molecule has 3 N–H and O–H groups in total. The van der Waals surface area contributed by atoms with Gasteiger partial charge in [-0.2, -0.15) is 0 Å². The molecule has 0 bridgehead atoms. The van der Waals surface area contributed by atoms with Crippen molar-refractivity contribution in [3.8, 4) is 5.75 Å². The molecule has 12 heteroatoms. The number of hydrogen-bond acceptors (Lipinski definition) is 6. The number of alkyl carbamates (subject to hydrolysis) is 1. The average Bonchev–Trinajstić information content (AvgIpc) is 2.89. The van der Waals surface area contributed by atoms with E-state index >= 15 is 0 Å². The number of aliphatic hydroxyl groups excluding tert-OH is 1. The summed E-state index contributed by atoms with van der Waals surface area (Å²) in [5.41, 5.74) is 0.319. The number of benzene rings is 2. The summed E-state index contributed by atoms with van der Waals surface area (Å²) in [5.74, 6) is -2.17. The number of aliphatic hydroxyl groups is 1. The molecule has 0 radical (unpaired) electrons. The van der Waals surface area contributed by atoms with E-state index in [1.54, 1.807) is 4.90 Å². The number of likely N-dealkylation sites (tertiary alicyclic amines) is 1. The standard InChI is InChI=1S/C25H26ClF2N3O6/c26-17-11-15(1-3-18(17)27)29-24(34)16-2-4-19(28)22-20(7-10-36-23(16)22)30-25(35)37-13-14-5-8-31(9-6-14)21(33)12-32/h1-4,11,14,20,32H,5-10,12-13H2,(H,29,34)(H,30,35)/t20-/m0/s1. The van der Waals surface area contributed by atoms with Crippen molar-refractivity contribution >= 4 is 35.2 Å². The number of ether oxygens (including phenoxy) is 2. The predicted molar refractivity (Wildman–Crippen MR) is 129 cm³/mol. The van der Waals surface area contributed by atoms with Crippen molar-refractivity contribution in [3.63, 3.8) is 0 Å². The third-order valence-electron chi connectivity index (χ3n) is 6.41. The number of amides is 3. The molecular formula is C25H26ClF2N3O6. The van der Waals surface area contributed by atoms with E-state index in [4.69, 9.17) is 26.2 Å². The zero-order valence-electron chi connectivity index (χ0n) is 19.8. The fourth-order valence-electron chi connectivity index (χ4n) is 4.40. The number of carbonyl (C=O) groups excluding carboxylic acids is 3. The molecule has 2 aromatic carbocycles. The summed E-state index contributed by atoms with van der Waals surface area (Å²) in [6, 6.07) is 5.29. The van der Waals surface area contributed by atoms with Crippen LogP contribution in [-0.4, -0.2) is 60.8 Å². The minimum absolute atomic E-state index is 0.00295. The maximum atomic E-state index is 14.8. The molecule has 2 aliphatic rings. The summed E-state index contributed by atoms with van der Waals surface area (Å²) in [4.78, 5) is 38.5. The quantitative estimate of drug-likeness (QED) is 0.518. The molecule has 2 aromatic rings. The number of fused-ring (bicyclic) bond motifs is 1. The van der Waals surface area contributed by atoms with Gasteiger partial charge in [0.15, 0.2) is 0 Å². The van der Waals surface area contributed by atoms with Crippen molar-refractivity contribution in [2.24, 2.45) is 5.92 Å². The summed E-state index contributed by atoms with van der Waals surface area (Å²) >= 11 is 5.77. The first-order chi connectivity index (χ1) is 17.8. The second kappa shape index (κ2) is 11.7. The maximum Gasteiger partial charge on any atom is 0.407 e. The fourth-order valence-corrected chi connectivity index (χ4v) is 4.58. The SMILES string of the molecule is O=C(N[C@H]1CCOc2c(C(=O)Nc3ccc(F)c(Cl)c3)ccc(F)c21)OCC1CCN(C(=O)CO)CC1. The van der Waals surface area contributed by atoms with E-state index in [2.05, 4.69) is 10.6 Å². The smallest absolute Gasteiger partial charge is 0.407 e. The van der Waals surface area contributed by atoms with Gasteiger partial charge in [-0.3, -0.25) is 9.59 Å². The van der Waals surface area contributed by atoms with Gasteiger partial charge in [0.05, 0.1) is 35.4 Å². The Morgan fingerprint density at radius 3 is 2.54 bits per heavy atom. The van der Waals surface area contributed by atoms with E-state index in [0.717, 1.165) is 12.1 Å². The number of nitrogens with zero attached hydrogens (tertiary/aromatic N) is 1.